The van der Waals surface area contributed by atoms with Crippen LogP contribution in [0.25, 0.3) is 0 Å². The monoisotopic (exact) mass is 249 g/mol. The summed E-state index contributed by atoms with van der Waals surface area (Å²) in [6.45, 7) is 5.83. The number of aliphatic imine (C=N–C) groups is 1. The van der Waals surface area contributed by atoms with Gasteiger partial charge in [-0.15, -0.1) is 0 Å². The molecule has 1 aromatic carbocycles. The summed E-state index contributed by atoms with van der Waals surface area (Å²) in [5.74, 6) is 1.79. The molecule has 100 valence electrons. The lowest BCUT2D eigenvalue weighted by molar-refractivity contribution is 0.411. The summed E-state index contributed by atoms with van der Waals surface area (Å²) in [4.78, 5) is 4.13. The molecule has 18 heavy (non-hydrogen) atoms. The molecule has 0 saturated carbocycles. The second-order valence-corrected chi connectivity index (χ2v) is 4.08. The van der Waals surface area contributed by atoms with Crippen LogP contribution in [0.1, 0.15) is 18.1 Å². The molecular weight excluding hydrogens is 226 g/mol. The molecule has 0 unspecified atom stereocenters. The molecule has 4 heteroatoms. The number of nitrogens with one attached hydrogen (secondary N) is 2. The summed E-state index contributed by atoms with van der Waals surface area (Å²) >= 11 is 0. The fourth-order valence-corrected chi connectivity index (χ4v) is 1.73. The van der Waals surface area contributed by atoms with E-state index in [1.165, 1.54) is 5.56 Å². The minimum atomic E-state index is 0.844. The van der Waals surface area contributed by atoms with Crippen molar-refractivity contribution in [3.8, 4) is 5.75 Å². The number of aryl methyl sites for hydroxylation is 1. The van der Waals surface area contributed by atoms with Crippen LogP contribution in [0.5, 0.6) is 5.75 Å². The van der Waals surface area contributed by atoms with E-state index in [-0.39, 0.29) is 0 Å². The van der Waals surface area contributed by atoms with Crippen molar-refractivity contribution in [1.82, 2.24) is 10.6 Å². The molecule has 0 heterocycles. The highest BCUT2D eigenvalue weighted by Gasteiger charge is 2.01. The fraction of sp³-hybridized carbons (Fsp3) is 0.500. The first-order valence-corrected chi connectivity index (χ1v) is 6.29. The number of hydrogen-bond donors (Lipinski definition) is 2. The van der Waals surface area contributed by atoms with E-state index in [0.29, 0.717) is 0 Å². The Kier molecular flexibility index (Phi) is 6.05. The second-order valence-electron chi connectivity index (χ2n) is 4.08. The van der Waals surface area contributed by atoms with Crippen molar-refractivity contribution in [1.29, 1.82) is 0 Å². The lowest BCUT2D eigenvalue weighted by Crippen LogP contribution is -2.38. The molecule has 0 radical (unpaired) electrons. The molecular formula is C14H23N3O. The zero-order valence-corrected chi connectivity index (χ0v) is 11.7. The zero-order chi connectivity index (χ0) is 13.4. The van der Waals surface area contributed by atoms with Gasteiger partial charge in [0.05, 0.1) is 7.11 Å². The number of hydrogen-bond acceptors (Lipinski definition) is 2. The van der Waals surface area contributed by atoms with Gasteiger partial charge in [-0.25, -0.2) is 0 Å². The largest absolute Gasteiger partial charge is 0.496 e. The summed E-state index contributed by atoms with van der Waals surface area (Å²) in [5, 5.41) is 6.43. The van der Waals surface area contributed by atoms with Crippen molar-refractivity contribution in [2.24, 2.45) is 4.99 Å². The predicted octanol–water partition coefficient (Wildman–Crippen LogP) is 1.73. The van der Waals surface area contributed by atoms with Gasteiger partial charge >= 0.3 is 0 Å². The SMILES string of the molecule is CCNC(=NC)NCCc1ccc(C)c(OC)c1. The first-order valence-electron chi connectivity index (χ1n) is 6.29. The van der Waals surface area contributed by atoms with E-state index in [2.05, 4.69) is 40.7 Å². The van der Waals surface area contributed by atoms with Gasteiger partial charge in [-0.2, -0.15) is 0 Å². The maximum Gasteiger partial charge on any atom is 0.190 e. The van der Waals surface area contributed by atoms with Crippen LogP contribution in [-0.4, -0.2) is 33.2 Å². The number of nitrogens with zero attached hydrogens (tertiary/aromatic N) is 1. The Morgan fingerprint density at radius 3 is 2.72 bits per heavy atom. The van der Waals surface area contributed by atoms with Crippen LogP contribution in [0.3, 0.4) is 0 Å². The van der Waals surface area contributed by atoms with Gasteiger partial charge in [-0.1, -0.05) is 12.1 Å². The van der Waals surface area contributed by atoms with Crippen molar-refractivity contribution in [3.63, 3.8) is 0 Å². The minimum absolute atomic E-state index is 0.844. The molecule has 1 aromatic rings. The number of ether oxygens (including phenoxy) is 1. The summed E-state index contributed by atoms with van der Waals surface area (Å²) in [5.41, 5.74) is 2.43. The maximum atomic E-state index is 5.32. The first kappa shape index (κ1) is 14.4. The summed E-state index contributed by atoms with van der Waals surface area (Å²) in [6, 6.07) is 6.32. The Morgan fingerprint density at radius 2 is 2.11 bits per heavy atom. The molecule has 0 spiro atoms. The van der Waals surface area contributed by atoms with Gasteiger partial charge in [0.15, 0.2) is 5.96 Å². The van der Waals surface area contributed by atoms with E-state index in [1.54, 1.807) is 14.2 Å². The Hall–Kier alpha value is -1.71. The van der Waals surface area contributed by atoms with Gasteiger partial charge in [0.2, 0.25) is 0 Å². The van der Waals surface area contributed by atoms with Crippen LogP contribution in [0.4, 0.5) is 0 Å². The molecule has 0 amide bonds. The maximum absolute atomic E-state index is 5.32. The Bertz CT molecular complexity index is 402. The van der Waals surface area contributed by atoms with Gasteiger partial charge in [-0.3, -0.25) is 4.99 Å². The number of benzene rings is 1. The van der Waals surface area contributed by atoms with Crippen molar-refractivity contribution in [3.05, 3.63) is 29.3 Å². The smallest absolute Gasteiger partial charge is 0.190 e. The van der Waals surface area contributed by atoms with Crippen molar-refractivity contribution >= 4 is 5.96 Å². The van der Waals surface area contributed by atoms with Crippen molar-refractivity contribution < 1.29 is 4.74 Å². The van der Waals surface area contributed by atoms with E-state index < -0.39 is 0 Å². The normalized spacial score (nSPS) is 11.2. The third-order valence-corrected chi connectivity index (χ3v) is 2.75. The van der Waals surface area contributed by atoms with Crippen LogP contribution in [0.2, 0.25) is 0 Å². The Morgan fingerprint density at radius 1 is 1.33 bits per heavy atom. The van der Waals surface area contributed by atoms with Crippen molar-refractivity contribution in [2.45, 2.75) is 20.3 Å². The minimum Gasteiger partial charge on any atom is -0.496 e. The third-order valence-electron chi connectivity index (χ3n) is 2.75. The van der Waals surface area contributed by atoms with Gasteiger partial charge in [-0.05, 0) is 37.5 Å². The van der Waals surface area contributed by atoms with Crippen LogP contribution < -0.4 is 15.4 Å². The molecule has 1 rings (SSSR count). The molecule has 0 bridgehead atoms. The van der Waals surface area contributed by atoms with Crippen LogP contribution >= 0.6 is 0 Å². The molecule has 0 atom stereocenters. The van der Waals surface area contributed by atoms with Gasteiger partial charge in [0.25, 0.3) is 0 Å². The van der Waals surface area contributed by atoms with E-state index in [1.807, 2.05) is 6.92 Å². The number of rotatable bonds is 5. The molecule has 0 aromatic heterocycles. The summed E-state index contributed by atoms with van der Waals surface area (Å²) in [6.07, 6.45) is 0.945. The highest BCUT2D eigenvalue weighted by molar-refractivity contribution is 5.79. The van der Waals surface area contributed by atoms with E-state index in [0.717, 1.165) is 36.8 Å². The van der Waals surface area contributed by atoms with E-state index in [4.69, 9.17) is 4.74 Å². The lowest BCUT2D eigenvalue weighted by atomic mass is 10.1. The first-order chi connectivity index (χ1) is 8.71. The van der Waals surface area contributed by atoms with E-state index >= 15 is 0 Å². The quantitative estimate of drug-likeness (QED) is 0.617. The average molecular weight is 249 g/mol. The average Bonchev–Trinajstić information content (AvgIpc) is 2.39. The van der Waals surface area contributed by atoms with Crippen molar-refractivity contribution in [2.75, 3.05) is 27.2 Å². The molecule has 4 nitrogen and oxygen atoms in total. The zero-order valence-electron chi connectivity index (χ0n) is 11.7. The van der Waals surface area contributed by atoms with Gasteiger partial charge < -0.3 is 15.4 Å². The summed E-state index contributed by atoms with van der Waals surface area (Å²) < 4.78 is 5.32. The van der Waals surface area contributed by atoms with Gasteiger partial charge in [0.1, 0.15) is 5.75 Å². The highest BCUT2D eigenvalue weighted by Crippen LogP contribution is 2.18. The van der Waals surface area contributed by atoms with Gasteiger partial charge in [0, 0.05) is 20.1 Å². The molecule has 2 N–H and O–H groups in total. The third kappa shape index (κ3) is 4.28. The van der Waals surface area contributed by atoms with Crippen LogP contribution in [0, 0.1) is 6.92 Å². The van der Waals surface area contributed by atoms with Crippen LogP contribution in [0.15, 0.2) is 23.2 Å². The molecule has 0 aliphatic rings. The Labute approximate surface area is 109 Å². The standard InChI is InChI=1S/C14H23N3O/c1-5-16-14(15-3)17-9-8-12-7-6-11(2)13(10-12)18-4/h6-7,10H,5,8-9H2,1-4H3,(H2,15,16,17). The summed E-state index contributed by atoms with van der Waals surface area (Å²) in [7, 11) is 3.48. The fourth-order valence-electron chi connectivity index (χ4n) is 1.73. The predicted molar refractivity (Wildman–Crippen MR) is 76.5 cm³/mol. The second kappa shape index (κ2) is 7.58. The van der Waals surface area contributed by atoms with Crippen LogP contribution in [-0.2, 0) is 6.42 Å². The Balaban J connectivity index is 2.48. The highest BCUT2D eigenvalue weighted by atomic mass is 16.5. The number of methoxy groups -OCH3 is 1. The number of guanidine groups is 1. The topological polar surface area (TPSA) is 45.7 Å². The molecule has 0 aliphatic heterocycles. The molecule has 0 saturated heterocycles. The molecule has 0 aliphatic carbocycles. The molecule has 0 fully saturated rings. The lowest BCUT2D eigenvalue weighted by Gasteiger charge is -2.11. The van der Waals surface area contributed by atoms with E-state index in [9.17, 15) is 0 Å².